The monoisotopic (exact) mass is 252 g/mol. The fraction of sp³-hybridized carbons (Fsp3) is 0.833. The normalized spacial score (nSPS) is 25.1. The van der Waals surface area contributed by atoms with Crippen LogP contribution in [0.4, 0.5) is 0 Å². The molecular formula is C12H20N4O2. The van der Waals surface area contributed by atoms with Crippen molar-refractivity contribution < 1.29 is 9.84 Å². The second-order valence-electron chi connectivity index (χ2n) is 4.99. The van der Waals surface area contributed by atoms with Crippen molar-refractivity contribution in [1.29, 1.82) is 0 Å². The highest BCUT2D eigenvalue weighted by molar-refractivity contribution is 5.02. The van der Waals surface area contributed by atoms with E-state index in [1.807, 2.05) is 0 Å². The lowest BCUT2D eigenvalue weighted by Gasteiger charge is -2.26. The van der Waals surface area contributed by atoms with Crippen molar-refractivity contribution in [2.24, 2.45) is 0 Å². The van der Waals surface area contributed by atoms with E-state index >= 15 is 0 Å². The molecule has 0 aromatic carbocycles. The predicted octanol–water partition coefficient (Wildman–Crippen LogP) is -0.0200. The van der Waals surface area contributed by atoms with E-state index in [9.17, 15) is 5.11 Å². The molecule has 3 heterocycles. The summed E-state index contributed by atoms with van der Waals surface area (Å²) in [5, 5.41) is 18.2. The van der Waals surface area contributed by atoms with Crippen LogP contribution in [0.1, 0.15) is 30.6 Å². The Morgan fingerprint density at radius 1 is 1.22 bits per heavy atom. The number of aliphatic hydroxyl groups is 1. The molecule has 2 aliphatic heterocycles. The molecule has 1 unspecified atom stereocenters. The van der Waals surface area contributed by atoms with Crippen molar-refractivity contribution in [3.63, 3.8) is 0 Å². The van der Waals surface area contributed by atoms with E-state index in [0.29, 0.717) is 0 Å². The number of hydrogen-bond donors (Lipinski definition) is 1. The Morgan fingerprint density at radius 2 is 2.06 bits per heavy atom. The average Bonchev–Trinajstić information content (AvgIpc) is 2.82. The minimum absolute atomic E-state index is 0.427. The lowest BCUT2D eigenvalue weighted by atomic mass is 10.1. The first kappa shape index (κ1) is 12.1. The molecule has 6 nitrogen and oxygen atoms in total. The van der Waals surface area contributed by atoms with E-state index < -0.39 is 6.10 Å². The summed E-state index contributed by atoms with van der Waals surface area (Å²) in [7, 11) is 0. The second kappa shape index (κ2) is 5.34. The lowest BCUT2D eigenvalue weighted by Crippen LogP contribution is -2.37. The summed E-state index contributed by atoms with van der Waals surface area (Å²) in [5.74, 6) is 1.76. The number of aromatic nitrogens is 3. The number of nitrogens with zero attached hydrogens (tertiary/aromatic N) is 4. The molecule has 18 heavy (non-hydrogen) atoms. The highest BCUT2D eigenvalue weighted by Crippen LogP contribution is 2.23. The molecule has 1 atom stereocenters. The zero-order valence-electron chi connectivity index (χ0n) is 10.6. The molecule has 3 rings (SSSR count). The SMILES string of the molecule is OC1CCCn2c(CCN3CCOCC3)nnc21. The Kier molecular flexibility index (Phi) is 3.58. The van der Waals surface area contributed by atoms with Crippen LogP contribution >= 0.6 is 0 Å². The number of fused-ring (bicyclic) bond motifs is 1. The fourth-order valence-electron chi connectivity index (χ4n) is 2.68. The minimum atomic E-state index is -0.427. The van der Waals surface area contributed by atoms with Gasteiger partial charge < -0.3 is 14.4 Å². The van der Waals surface area contributed by atoms with Crippen molar-refractivity contribution in [3.8, 4) is 0 Å². The van der Waals surface area contributed by atoms with Crippen LogP contribution in [0, 0.1) is 0 Å². The van der Waals surface area contributed by atoms with Gasteiger partial charge in [-0.15, -0.1) is 10.2 Å². The third-order valence-electron chi connectivity index (χ3n) is 3.77. The van der Waals surface area contributed by atoms with E-state index in [1.165, 1.54) is 0 Å². The summed E-state index contributed by atoms with van der Waals surface area (Å²) in [6, 6.07) is 0. The quantitative estimate of drug-likeness (QED) is 0.819. The standard InChI is InChI=1S/C12H20N4O2/c17-10-2-1-4-16-11(13-14-12(10)16)3-5-15-6-8-18-9-7-15/h10,17H,1-9H2. The average molecular weight is 252 g/mol. The number of morpholine rings is 1. The first-order valence-electron chi connectivity index (χ1n) is 6.75. The number of rotatable bonds is 3. The second-order valence-corrected chi connectivity index (χ2v) is 4.99. The van der Waals surface area contributed by atoms with E-state index in [1.54, 1.807) is 0 Å². The highest BCUT2D eigenvalue weighted by Gasteiger charge is 2.23. The van der Waals surface area contributed by atoms with Crippen LogP contribution in [0.25, 0.3) is 0 Å². The summed E-state index contributed by atoms with van der Waals surface area (Å²) in [6.45, 7) is 5.61. The van der Waals surface area contributed by atoms with Crippen molar-refractivity contribution in [1.82, 2.24) is 19.7 Å². The van der Waals surface area contributed by atoms with Gasteiger partial charge in [0.2, 0.25) is 0 Å². The van der Waals surface area contributed by atoms with Gasteiger partial charge in [0, 0.05) is 32.6 Å². The number of hydrogen-bond acceptors (Lipinski definition) is 5. The molecular weight excluding hydrogens is 232 g/mol. The first-order valence-corrected chi connectivity index (χ1v) is 6.75. The molecule has 2 aliphatic rings. The van der Waals surface area contributed by atoms with Crippen molar-refractivity contribution in [3.05, 3.63) is 11.6 Å². The molecule has 0 amide bonds. The molecule has 0 spiro atoms. The highest BCUT2D eigenvalue weighted by atomic mass is 16.5. The van der Waals surface area contributed by atoms with Crippen LogP contribution in [0.3, 0.4) is 0 Å². The molecule has 0 bridgehead atoms. The van der Waals surface area contributed by atoms with E-state index in [4.69, 9.17) is 4.74 Å². The van der Waals surface area contributed by atoms with Crippen LogP contribution in [0.15, 0.2) is 0 Å². The molecule has 6 heteroatoms. The van der Waals surface area contributed by atoms with Crippen molar-refractivity contribution in [2.75, 3.05) is 32.8 Å². The van der Waals surface area contributed by atoms with Gasteiger partial charge in [0.25, 0.3) is 0 Å². The Bertz CT molecular complexity index is 401. The summed E-state index contributed by atoms with van der Waals surface area (Å²) in [6.07, 6.45) is 2.29. The van der Waals surface area contributed by atoms with Gasteiger partial charge >= 0.3 is 0 Å². The maximum atomic E-state index is 9.84. The van der Waals surface area contributed by atoms with Gasteiger partial charge in [-0.2, -0.15) is 0 Å². The zero-order valence-corrected chi connectivity index (χ0v) is 10.6. The summed E-state index contributed by atoms with van der Waals surface area (Å²) < 4.78 is 7.43. The van der Waals surface area contributed by atoms with Crippen LogP contribution in [0.5, 0.6) is 0 Å². The van der Waals surface area contributed by atoms with Gasteiger partial charge in [-0.3, -0.25) is 4.90 Å². The molecule has 100 valence electrons. The molecule has 1 aromatic rings. The Hall–Kier alpha value is -0.980. The van der Waals surface area contributed by atoms with Crippen LogP contribution in [-0.4, -0.2) is 57.6 Å². The predicted molar refractivity (Wildman–Crippen MR) is 65.2 cm³/mol. The third-order valence-corrected chi connectivity index (χ3v) is 3.77. The lowest BCUT2D eigenvalue weighted by molar-refractivity contribution is 0.0380. The summed E-state index contributed by atoms with van der Waals surface area (Å²) in [4.78, 5) is 2.39. The van der Waals surface area contributed by atoms with Gasteiger partial charge in [-0.1, -0.05) is 0 Å². The third kappa shape index (κ3) is 2.41. The van der Waals surface area contributed by atoms with Crippen LogP contribution < -0.4 is 0 Å². The van der Waals surface area contributed by atoms with Crippen LogP contribution in [0.2, 0.25) is 0 Å². The molecule has 1 N–H and O–H groups in total. The van der Waals surface area contributed by atoms with Gasteiger partial charge in [0.05, 0.1) is 13.2 Å². The maximum absolute atomic E-state index is 9.84. The van der Waals surface area contributed by atoms with E-state index in [2.05, 4.69) is 19.7 Å². The number of aliphatic hydroxyl groups excluding tert-OH is 1. The molecule has 0 radical (unpaired) electrons. The molecule has 1 saturated heterocycles. The molecule has 1 fully saturated rings. The van der Waals surface area contributed by atoms with Crippen molar-refractivity contribution in [2.45, 2.75) is 31.9 Å². The minimum Gasteiger partial charge on any atom is -0.385 e. The van der Waals surface area contributed by atoms with Gasteiger partial charge in [-0.05, 0) is 12.8 Å². The van der Waals surface area contributed by atoms with E-state index in [-0.39, 0.29) is 0 Å². The smallest absolute Gasteiger partial charge is 0.161 e. The van der Waals surface area contributed by atoms with Crippen LogP contribution in [-0.2, 0) is 17.7 Å². The maximum Gasteiger partial charge on any atom is 0.161 e. The Morgan fingerprint density at radius 3 is 2.89 bits per heavy atom. The molecule has 1 aromatic heterocycles. The molecule has 0 saturated carbocycles. The largest absolute Gasteiger partial charge is 0.385 e. The Balaban J connectivity index is 1.62. The summed E-state index contributed by atoms with van der Waals surface area (Å²) in [5.41, 5.74) is 0. The number of ether oxygens (including phenoxy) is 1. The van der Waals surface area contributed by atoms with Gasteiger partial charge in [0.15, 0.2) is 5.82 Å². The fourth-order valence-corrected chi connectivity index (χ4v) is 2.68. The van der Waals surface area contributed by atoms with Crippen molar-refractivity contribution >= 4 is 0 Å². The topological polar surface area (TPSA) is 63.4 Å². The van der Waals surface area contributed by atoms with Gasteiger partial charge in [-0.25, -0.2) is 0 Å². The van der Waals surface area contributed by atoms with E-state index in [0.717, 1.165) is 70.3 Å². The first-order chi connectivity index (χ1) is 8.84. The Labute approximate surface area is 107 Å². The van der Waals surface area contributed by atoms with Gasteiger partial charge in [0.1, 0.15) is 11.9 Å². The zero-order chi connectivity index (χ0) is 12.4. The molecule has 0 aliphatic carbocycles. The summed E-state index contributed by atoms with van der Waals surface area (Å²) >= 11 is 0.